The van der Waals surface area contributed by atoms with Crippen LogP contribution in [0.2, 0.25) is 12.1 Å². The predicted molar refractivity (Wildman–Crippen MR) is 133 cm³/mol. The average Bonchev–Trinajstić information content (AvgIpc) is 3.55. The van der Waals surface area contributed by atoms with Crippen LogP contribution >= 0.6 is 0 Å². The molecule has 0 fully saturated rings. The van der Waals surface area contributed by atoms with Gasteiger partial charge in [-0.05, 0) is 73.0 Å². The van der Waals surface area contributed by atoms with Gasteiger partial charge in [0.1, 0.15) is 0 Å². The third-order valence-corrected chi connectivity index (χ3v) is 12.3. The summed E-state index contributed by atoms with van der Waals surface area (Å²) in [6, 6.07) is 1.70. The number of aliphatic hydroxyl groups excluding tert-OH is 1. The Hall–Kier alpha value is -0.326. The van der Waals surface area contributed by atoms with Crippen LogP contribution in [0.1, 0.15) is 60.8 Å². The molecule has 0 aliphatic heterocycles. The van der Waals surface area contributed by atoms with Crippen molar-refractivity contribution >= 4 is 17.4 Å². The van der Waals surface area contributed by atoms with Crippen LogP contribution in [0.25, 0.3) is 0 Å². The highest BCUT2D eigenvalue weighted by atomic mass is 28.4. The van der Waals surface area contributed by atoms with E-state index < -0.39 is 17.4 Å². The second kappa shape index (κ2) is 16.3. The second-order valence-electron chi connectivity index (χ2n) is 7.71. The molecule has 1 N–H and O–H groups in total. The first-order valence-electron chi connectivity index (χ1n) is 12.5. The lowest BCUT2D eigenvalue weighted by Gasteiger charge is -2.31. The lowest BCUT2D eigenvalue weighted by molar-refractivity contribution is 0.0697. The van der Waals surface area contributed by atoms with E-state index in [0.29, 0.717) is 39.6 Å². The molecule has 0 aromatic heterocycles. The first-order valence-corrected chi connectivity index (χ1v) is 16.5. The van der Waals surface area contributed by atoms with E-state index in [4.69, 9.17) is 22.1 Å². The van der Waals surface area contributed by atoms with Gasteiger partial charge in [-0.1, -0.05) is 6.92 Å². The van der Waals surface area contributed by atoms with E-state index in [9.17, 15) is 5.11 Å². The Morgan fingerprint density at radius 1 is 0.719 bits per heavy atom. The molecule has 0 amide bonds. The monoisotopic (exact) mass is 489 g/mol. The molecule has 0 spiro atoms. The van der Waals surface area contributed by atoms with Crippen LogP contribution in [-0.4, -0.2) is 86.6 Å². The molecule has 1 aliphatic carbocycles. The Labute approximate surface area is 198 Å². The summed E-state index contributed by atoms with van der Waals surface area (Å²) in [5, 5.41) is 10.8. The summed E-state index contributed by atoms with van der Waals surface area (Å²) < 4.78 is 30.4. The molecule has 0 unspecified atom stereocenters. The first kappa shape index (κ1) is 29.7. The summed E-state index contributed by atoms with van der Waals surface area (Å²) in [7, 11) is -5.03. The number of hydrogen-bond donors (Lipinski definition) is 1. The zero-order valence-corrected chi connectivity index (χ0v) is 23.3. The number of allylic oxidation sites excluding steroid dienone is 1. The smallest absolute Gasteiger partial charge is 0.395 e. The Morgan fingerprint density at radius 3 is 1.62 bits per heavy atom. The maximum Gasteiger partial charge on any atom is 0.500 e. The number of nitrogens with zero attached hydrogens (tertiary/aromatic N) is 1. The van der Waals surface area contributed by atoms with Gasteiger partial charge >= 0.3 is 17.4 Å². The van der Waals surface area contributed by atoms with Crippen molar-refractivity contribution in [1.29, 1.82) is 0 Å². The number of aliphatic hydroxyl groups is 1. The SMILES string of the molecule is CCO[Si](CCCN(CCO)CCC[Si](OCC)(OCC)C1=C=C1CC)(OCC)OCC. The van der Waals surface area contributed by atoms with E-state index in [0.717, 1.165) is 44.4 Å². The van der Waals surface area contributed by atoms with Crippen molar-refractivity contribution in [3.05, 3.63) is 16.5 Å². The maximum absolute atomic E-state index is 9.58. The van der Waals surface area contributed by atoms with Gasteiger partial charge in [0, 0.05) is 56.4 Å². The van der Waals surface area contributed by atoms with Crippen molar-refractivity contribution < 1.29 is 27.2 Å². The molecular weight excluding hydrogens is 442 g/mol. The second-order valence-corrected chi connectivity index (χ2v) is 13.5. The van der Waals surface area contributed by atoms with Crippen LogP contribution in [0.4, 0.5) is 0 Å². The van der Waals surface area contributed by atoms with Gasteiger partial charge in [0.2, 0.25) is 0 Å². The van der Waals surface area contributed by atoms with Crippen molar-refractivity contribution in [3.8, 4) is 0 Å². The summed E-state index contributed by atoms with van der Waals surface area (Å²) >= 11 is 0. The molecule has 0 aromatic carbocycles. The minimum absolute atomic E-state index is 0.150. The van der Waals surface area contributed by atoms with E-state index in [1.54, 1.807) is 0 Å². The van der Waals surface area contributed by atoms with Crippen LogP contribution in [0.3, 0.4) is 0 Å². The molecule has 0 radical (unpaired) electrons. The van der Waals surface area contributed by atoms with Crippen molar-refractivity contribution in [2.24, 2.45) is 0 Å². The number of rotatable bonds is 22. The Morgan fingerprint density at radius 2 is 1.22 bits per heavy atom. The zero-order valence-electron chi connectivity index (χ0n) is 21.3. The molecule has 0 saturated heterocycles. The third-order valence-electron chi connectivity index (χ3n) is 5.45. The van der Waals surface area contributed by atoms with Crippen molar-refractivity contribution in [1.82, 2.24) is 4.90 Å². The molecule has 0 atom stereocenters. The fourth-order valence-electron chi connectivity index (χ4n) is 4.16. The van der Waals surface area contributed by atoms with E-state index in [-0.39, 0.29) is 6.61 Å². The molecular formula is C23H47NO6Si2. The molecule has 0 aromatic rings. The van der Waals surface area contributed by atoms with Crippen molar-refractivity contribution in [2.45, 2.75) is 72.9 Å². The molecule has 9 heteroatoms. The fraction of sp³-hybridized carbons (Fsp3) is 0.870. The average molecular weight is 490 g/mol. The number of hydrogen-bond acceptors (Lipinski definition) is 7. The maximum atomic E-state index is 9.58. The molecule has 188 valence electrons. The van der Waals surface area contributed by atoms with Gasteiger partial charge in [0.05, 0.1) is 6.61 Å². The zero-order chi connectivity index (χ0) is 23.9. The molecule has 32 heavy (non-hydrogen) atoms. The van der Waals surface area contributed by atoms with Crippen molar-refractivity contribution in [3.63, 3.8) is 0 Å². The van der Waals surface area contributed by atoms with E-state index >= 15 is 0 Å². The highest BCUT2D eigenvalue weighted by Gasteiger charge is 2.46. The van der Waals surface area contributed by atoms with E-state index in [1.807, 2.05) is 34.6 Å². The Kier molecular flexibility index (Phi) is 15.2. The molecule has 1 aliphatic rings. The van der Waals surface area contributed by atoms with Gasteiger partial charge in [0.25, 0.3) is 0 Å². The summed E-state index contributed by atoms with van der Waals surface area (Å²) in [5.41, 5.74) is 4.72. The predicted octanol–water partition coefficient (Wildman–Crippen LogP) is 4.04. The van der Waals surface area contributed by atoms with Gasteiger partial charge in [-0.15, -0.1) is 5.73 Å². The van der Waals surface area contributed by atoms with Crippen LogP contribution in [0, 0.1) is 0 Å². The van der Waals surface area contributed by atoms with Crippen LogP contribution in [-0.2, 0) is 22.1 Å². The molecule has 7 nitrogen and oxygen atoms in total. The van der Waals surface area contributed by atoms with Crippen molar-refractivity contribution in [2.75, 3.05) is 59.3 Å². The van der Waals surface area contributed by atoms with E-state index in [2.05, 4.69) is 17.6 Å². The largest absolute Gasteiger partial charge is 0.500 e. The van der Waals surface area contributed by atoms with Gasteiger partial charge in [0.15, 0.2) is 0 Å². The summed E-state index contributed by atoms with van der Waals surface area (Å²) in [5.74, 6) is 0. The summed E-state index contributed by atoms with van der Waals surface area (Å²) in [6.45, 7) is 17.9. The topological polar surface area (TPSA) is 69.6 Å². The van der Waals surface area contributed by atoms with E-state index in [1.165, 1.54) is 10.8 Å². The fourth-order valence-corrected chi connectivity index (χ4v) is 10.2. The molecule has 1 rings (SSSR count). The van der Waals surface area contributed by atoms with Gasteiger partial charge in [-0.2, -0.15) is 0 Å². The lowest BCUT2D eigenvalue weighted by atomic mass is 10.3. The third kappa shape index (κ3) is 9.50. The summed E-state index contributed by atoms with van der Waals surface area (Å²) in [4.78, 5) is 2.31. The van der Waals surface area contributed by atoms with Crippen LogP contribution < -0.4 is 0 Å². The normalized spacial score (nSPS) is 14.1. The highest BCUT2D eigenvalue weighted by Crippen LogP contribution is 2.37. The Bertz CT molecular complexity index is 560. The highest BCUT2D eigenvalue weighted by molar-refractivity contribution is 6.77. The lowest BCUT2D eigenvalue weighted by Crippen LogP contribution is -2.46. The molecule has 0 bridgehead atoms. The van der Waals surface area contributed by atoms with Crippen LogP contribution in [0.5, 0.6) is 0 Å². The van der Waals surface area contributed by atoms with Gasteiger partial charge in [-0.3, -0.25) is 0 Å². The molecule has 0 heterocycles. The quantitative estimate of drug-likeness (QED) is 0.182. The van der Waals surface area contributed by atoms with Gasteiger partial charge < -0.3 is 32.1 Å². The first-order chi connectivity index (χ1) is 15.5. The Balaban J connectivity index is 2.65. The molecule has 0 saturated carbocycles. The summed E-state index contributed by atoms with van der Waals surface area (Å²) in [6.07, 6.45) is 2.88. The minimum Gasteiger partial charge on any atom is -0.395 e. The van der Waals surface area contributed by atoms with Gasteiger partial charge in [-0.25, -0.2) is 0 Å². The minimum atomic E-state index is -2.62. The standard InChI is InChI=1S/C23H47NO6Si2/c1-7-22-21-23(22)31(26-8-2,27-9-3)19-13-15-24(17-18-25)16-14-20-32(28-10-4,29-11-5)30-12-6/h25H,7-20H2,1-6H3. The van der Waals surface area contributed by atoms with Crippen LogP contribution in [0.15, 0.2) is 16.5 Å².